The van der Waals surface area contributed by atoms with Gasteiger partial charge in [0, 0.05) is 11.1 Å². The van der Waals surface area contributed by atoms with Crippen LogP contribution in [0.4, 0.5) is 0 Å². The lowest BCUT2D eigenvalue weighted by atomic mass is 9.64. The molecule has 3 aliphatic rings. The highest BCUT2D eigenvalue weighted by Gasteiger charge is 2.61. The first-order valence-corrected chi connectivity index (χ1v) is 6.97. The molecule has 0 fully saturated rings. The zero-order valence-corrected chi connectivity index (χ0v) is 11.4. The fourth-order valence-electron chi connectivity index (χ4n) is 3.82. The molecule has 2 nitrogen and oxygen atoms in total. The van der Waals surface area contributed by atoms with Crippen molar-refractivity contribution in [3.63, 3.8) is 0 Å². The van der Waals surface area contributed by atoms with E-state index in [4.69, 9.17) is 9.47 Å². The smallest absolute Gasteiger partial charge is 0.153 e. The topological polar surface area (TPSA) is 18.5 Å². The van der Waals surface area contributed by atoms with Gasteiger partial charge in [-0.15, -0.1) is 0 Å². The van der Waals surface area contributed by atoms with E-state index in [1.807, 2.05) is 18.2 Å². The molecule has 1 aliphatic carbocycles. The molecule has 0 aromatic heterocycles. The molecule has 0 amide bonds. The summed E-state index contributed by atoms with van der Waals surface area (Å²) in [6, 6.07) is 14.4. The number of benzene rings is 2. The Balaban J connectivity index is 1.90. The summed E-state index contributed by atoms with van der Waals surface area (Å²) < 4.78 is 12.5. The highest BCUT2D eigenvalue weighted by molar-refractivity contribution is 5.95. The average Bonchev–Trinajstić information content (AvgIpc) is 2.66. The molecule has 0 radical (unpaired) electrons. The van der Waals surface area contributed by atoms with Crippen LogP contribution in [0.2, 0.25) is 0 Å². The van der Waals surface area contributed by atoms with Crippen LogP contribution in [0.3, 0.4) is 0 Å². The zero-order valence-electron chi connectivity index (χ0n) is 11.4. The van der Waals surface area contributed by atoms with Crippen molar-refractivity contribution in [3.05, 3.63) is 65.2 Å². The predicted molar refractivity (Wildman–Crippen MR) is 76.9 cm³/mol. The summed E-state index contributed by atoms with van der Waals surface area (Å²) in [5, 5.41) is 0. The third-order valence-corrected chi connectivity index (χ3v) is 4.44. The van der Waals surface area contributed by atoms with Gasteiger partial charge in [0.25, 0.3) is 0 Å². The van der Waals surface area contributed by atoms with Crippen molar-refractivity contribution in [1.82, 2.24) is 0 Å². The first-order chi connectivity index (χ1) is 9.62. The molecule has 1 spiro atoms. The zero-order chi connectivity index (χ0) is 13.5. The molecular weight excluding hydrogens is 248 g/mol. The lowest BCUT2D eigenvalue weighted by Gasteiger charge is -2.48. The van der Waals surface area contributed by atoms with Crippen LogP contribution in [0.5, 0.6) is 11.5 Å². The summed E-state index contributed by atoms with van der Waals surface area (Å²) in [4.78, 5) is 0. The molecular formula is C18H14O2. The van der Waals surface area contributed by atoms with E-state index in [-0.39, 0.29) is 5.60 Å². The molecule has 2 aromatic rings. The standard InChI is InChI=1S/C18H14O2/c1-17(2)10-13-11-6-5-9-15-16(11)18(13,20-17)12-7-3-4-8-14(12)19-15/h3-10H,1-2H3. The Morgan fingerprint density at radius 2 is 1.70 bits per heavy atom. The molecule has 2 aromatic carbocycles. The first-order valence-electron chi connectivity index (χ1n) is 6.97. The maximum atomic E-state index is 6.50. The SMILES string of the molecule is CC1(C)C=C2c3cccc4c3C2(O1)c1ccccc1O4. The Kier molecular flexibility index (Phi) is 1.60. The maximum absolute atomic E-state index is 6.50. The number of hydrogen-bond donors (Lipinski definition) is 0. The van der Waals surface area contributed by atoms with Gasteiger partial charge in [0.15, 0.2) is 5.60 Å². The number of hydrogen-bond acceptors (Lipinski definition) is 2. The minimum atomic E-state index is -0.412. The maximum Gasteiger partial charge on any atom is 0.153 e. The van der Waals surface area contributed by atoms with Crippen molar-refractivity contribution in [2.24, 2.45) is 0 Å². The van der Waals surface area contributed by atoms with E-state index < -0.39 is 5.60 Å². The van der Waals surface area contributed by atoms with Crippen LogP contribution in [0.25, 0.3) is 5.57 Å². The van der Waals surface area contributed by atoms with Crippen LogP contribution >= 0.6 is 0 Å². The Labute approximate surface area is 117 Å². The van der Waals surface area contributed by atoms with Gasteiger partial charge in [0.1, 0.15) is 11.5 Å². The van der Waals surface area contributed by atoms with Gasteiger partial charge in [-0.2, -0.15) is 0 Å². The van der Waals surface area contributed by atoms with E-state index in [1.165, 1.54) is 16.7 Å². The Morgan fingerprint density at radius 1 is 0.900 bits per heavy atom. The normalized spacial score (nSPS) is 26.6. The lowest BCUT2D eigenvalue weighted by Crippen LogP contribution is -2.43. The Hall–Kier alpha value is -2.06. The fraction of sp³-hybridized carbons (Fsp3) is 0.222. The molecule has 0 bridgehead atoms. The highest BCUT2D eigenvalue weighted by Crippen LogP contribution is 2.67. The van der Waals surface area contributed by atoms with E-state index in [0.717, 1.165) is 17.1 Å². The predicted octanol–water partition coefficient (Wildman–Crippen LogP) is 4.24. The number of rotatable bonds is 0. The Bertz CT molecular complexity index is 801. The van der Waals surface area contributed by atoms with Crippen molar-refractivity contribution < 1.29 is 9.47 Å². The van der Waals surface area contributed by atoms with Crippen LogP contribution in [0.15, 0.2) is 48.5 Å². The Morgan fingerprint density at radius 3 is 2.60 bits per heavy atom. The average molecular weight is 262 g/mol. The monoisotopic (exact) mass is 262 g/mol. The van der Waals surface area contributed by atoms with Crippen LogP contribution in [0.1, 0.15) is 30.5 Å². The molecule has 0 saturated heterocycles. The third kappa shape index (κ3) is 0.990. The van der Waals surface area contributed by atoms with Gasteiger partial charge < -0.3 is 9.47 Å². The van der Waals surface area contributed by atoms with Gasteiger partial charge in [-0.1, -0.05) is 30.3 Å². The summed E-state index contributed by atoms with van der Waals surface area (Å²) in [7, 11) is 0. The van der Waals surface area contributed by atoms with Crippen molar-refractivity contribution in [3.8, 4) is 11.5 Å². The van der Waals surface area contributed by atoms with Gasteiger partial charge in [0.2, 0.25) is 0 Å². The van der Waals surface area contributed by atoms with E-state index in [2.05, 4.69) is 44.2 Å². The van der Waals surface area contributed by atoms with E-state index in [9.17, 15) is 0 Å². The largest absolute Gasteiger partial charge is 0.456 e. The number of fused-ring (bicyclic) bond motifs is 2. The van der Waals surface area contributed by atoms with Crippen LogP contribution in [-0.4, -0.2) is 5.60 Å². The molecule has 2 heterocycles. The van der Waals surface area contributed by atoms with Gasteiger partial charge in [-0.3, -0.25) is 0 Å². The second-order valence-corrected chi connectivity index (χ2v) is 6.22. The minimum Gasteiger partial charge on any atom is -0.456 e. The molecule has 5 rings (SSSR count). The van der Waals surface area contributed by atoms with Crippen molar-refractivity contribution in [1.29, 1.82) is 0 Å². The quantitative estimate of drug-likeness (QED) is 0.707. The molecule has 20 heavy (non-hydrogen) atoms. The minimum absolute atomic E-state index is 0.254. The van der Waals surface area contributed by atoms with Crippen molar-refractivity contribution in [2.75, 3.05) is 0 Å². The molecule has 98 valence electrons. The number of para-hydroxylation sites is 1. The van der Waals surface area contributed by atoms with Gasteiger partial charge in [-0.25, -0.2) is 0 Å². The summed E-state index contributed by atoms with van der Waals surface area (Å²) in [5.74, 6) is 1.83. The molecule has 0 saturated carbocycles. The van der Waals surface area contributed by atoms with E-state index in [1.54, 1.807) is 0 Å². The summed E-state index contributed by atoms with van der Waals surface area (Å²) in [6.07, 6.45) is 2.25. The second kappa shape index (κ2) is 2.99. The molecule has 2 aliphatic heterocycles. The number of ether oxygens (including phenoxy) is 2. The first kappa shape index (κ1) is 10.7. The van der Waals surface area contributed by atoms with Gasteiger partial charge in [-0.05, 0) is 43.2 Å². The van der Waals surface area contributed by atoms with Crippen LogP contribution in [-0.2, 0) is 10.3 Å². The highest BCUT2D eigenvalue weighted by atomic mass is 16.5. The molecule has 1 unspecified atom stereocenters. The van der Waals surface area contributed by atoms with Gasteiger partial charge in [0.05, 0.1) is 5.60 Å². The summed E-state index contributed by atoms with van der Waals surface area (Å²) in [6.45, 7) is 4.23. The molecule has 1 atom stereocenters. The lowest BCUT2D eigenvalue weighted by molar-refractivity contribution is -0.0558. The van der Waals surface area contributed by atoms with Crippen molar-refractivity contribution >= 4 is 5.57 Å². The summed E-state index contributed by atoms with van der Waals surface area (Å²) in [5.41, 5.74) is 4.21. The van der Waals surface area contributed by atoms with Crippen molar-refractivity contribution in [2.45, 2.75) is 25.0 Å². The van der Waals surface area contributed by atoms with Crippen LogP contribution in [0, 0.1) is 0 Å². The molecule has 2 heteroatoms. The van der Waals surface area contributed by atoms with E-state index in [0.29, 0.717) is 0 Å². The van der Waals surface area contributed by atoms with Crippen LogP contribution < -0.4 is 4.74 Å². The van der Waals surface area contributed by atoms with E-state index >= 15 is 0 Å². The fourth-order valence-corrected chi connectivity index (χ4v) is 3.82. The third-order valence-electron chi connectivity index (χ3n) is 4.44. The summed E-state index contributed by atoms with van der Waals surface area (Å²) >= 11 is 0. The second-order valence-electron chi connectivity index (χ2n) is 6.22. The van der Waals surface area contributed by atoms with Gasteiger partial charge >= 0.3 is 0 Å². The molecule has 0 N–H and O–H groups in total.